The third-order valence-electron chi connectivity index (χ3n) is 5.51. The molecule has 0 aromatic heterocycles. The number of benzene rings is 1. The quantitative estimate of drug-likeness (QED) is 0.898. The Hall–Kier alpha value is -1.42. The minimum absolute atomic E-state index is 0.00784. The van der Waals surface area contributed by atoms with E-state index in [0.717, 1.165) is 18.4 Å². The van der Waals surface area contributed by atoms with E-state index in [4.69, 9.17) is 0 Å². The fourth-order valence-corrected chi connectivity index (χ4v) is 4.29. The van der Waals surface area contributed by atoms with Crippen molar-refractivity contribution >= 4 is 5.91 Å². The molecule has 1 N–H and O–H groups in total. The van der Waals surface area contributed by atoms with Crippen LogP contribution in [0.1, 0.15) is 57.6 Å². The average Bonchev–Trinajstić information content (AvgIpc) is 2.87. The average molecular weight is 318 g/mol. The summed E-state index contributed by atoms with van der Waals surface area (Å²) in [4.78, 5) is 14.7. The first-order chi connectivity index (χ1) is 11.1. The summed E-state index contributed by atoms with van der Waals surface area (Å²) in [6.45, 7) is 4.74. The maximum absolute atomic E-state index is 13.1. The van der Waals surface area contributed by atoms with Gasteiger partial charge in [-0.1, -0.05) is 12.1 Å². The summed E-state index contributed by atoms with van der Waals surface area (Å²) in [5, 5.41) is 3.63. The summed E-state index contributed by atoms with van der Waals surface area (Å²) in [5.74, 6) is 0.506. The first kappa shape index (κ1) is 16.4. The number of hydrogen-bond donors (Lipinski definition) is 1. The number of fused-ring (bicyclic) bond motifs is 2. The topological polar surface area (TPSA) is 32.3 Å². The van der Waals surface area contributed by atoms with Crippen molar-refractivity contribution in [1.82, 2.24) is 10.2 Å². The lowest BCUT2D eigenvalue weighted by molar-refractivity contribution is -0.134. The Balaban J connectivity index is 1.62. The van der Waals surface area contributed by atoms with Gasteiger partial charge in [0, 0.05) is 25.0 Å². The second kappa shape index (κ2) is 7.00. The van der Waals surface area contributed by atoms with E-state index >= 15 is 0 Å². The molecule has 2 aliphatic heterocycles. The Kier molecular flexibility index (Phi) is 5.00. The van der Waals surface area contributed by atoms with Gasteiger partial charge in [0.05, 0.1) is 6.04 Å². The number of piperidine rings is 1. The summed E-state index contributed by atoms with van der Waals surface area (Å²) in [6, 6.07) is 7.73. The van der Waals surface area contributed by atoms with Crippen LogP contribution in [0.15, 0.2) is 24.3 Å². The number of amides is 1. The van der Waals surface area contributed by atoms with Gasteiger partial charge in [0.25, 0.3) is 0 Å². The number of rotatable bonds is 5. The molecule has 0 saturated carbocycles. The predicted octanol–water partition coefficient (Wildman–Crippen LogP) is 3.66. The van der Waals surface area contributed by atoms with Gasteiger partial charge >= 0.3 is 0 Å². The van der Waals surface area contributed by atoms with Crippen molar-refractivity contribution in [2.75, 3.05) is 6.54 Å². The number of carbonyl (C=O) groups is 1. The molecule has 0 radical (unpaired) electrons. The monoisotopic (exact) mass is 318 g/mol. The van der Waals surface area contributed by atoms with E-state index in [1.54, 1.807) is 12.1 Å². The van der Waals surface area contributed by atoms with Gasteiger partial charge in [0.15, 0.2) is 0 Å². The summed E-state index contributed by atoms with van der Waals surface area (Å²) in [7, 11) is 0. The van der Waals surface area contributed by atoms with Crippen LogP contribution in [0.4, 0.5) is 4.39 Å². The highest BCUT2D eigenvalue weighted by atomic mass is 19.1. The van der Waals surface area contributed by atoms with Gasteiger partial charge in [-0.05, 0) is 63.1 Å². The molecular weight excluding hydrogens is 291 g/mol. The molecule has 0 spiro atoms. The highest BCUT2D eigenvalue weighted by Gasteiger charge is 2.35. The van der Waals surface area contributed by atoms with Crippen LogP contribution in [-0.2, 0) is 4.79 Å². The zero-order chi connectivity index (χ0) is 16.4. The van der Waals surface area contributed by atoms with Crippen LogP contribution in [0, 0.1) is 11.7 Å². The van der Waals surface area contributed by atoms with Gasteiger partial charge in [0.2, 0.25) is 5.91 Å². The largest absolute Gasteiger partial charge is 0.336 e. The van der Waals surface area contributed by atoms with E-state index in [1.807, 2.05) is 18.7 Å². The first-order valence-electron chi connectivity index (χ1n) is 8.87. The highest BCUT2D eigenvalue weighted by Crippen LogP contribution is 2.33. The molecule has 3 atom stereocenters. The number of nitrogens with zero attached hydrogens (tertiary/aromatic N) is 1. The molecule has 126 valence electrons. The van der Waals surface area contributed by atoms with Crippen molar-refractivity contribution in [1.29, 1.82) is 0 Å². The fourth-order valence-electron chi connectivity index (χ4n) is 4.29. The number of nitrogens with one attached hydrogen (secondary N) is 1. The molecule has 4 heteroatoms. The van der Waals surface area contributed by atoms with Crippen LogP contribution in [0.5, 0.6) is 0 Å². The van der Waals surface area contributed by atoms with Gasteiger partial charge < -0.3 is 10.2 Å². The molecule has 0 aliphatic carbocycles. The van der Waals surface area contributed by atoms with Gasteiger partial charge in [-0.2, -0.15) is 0 Å². The highest BCUT2D eigenvalue weighted by molar-refractivity contribution is 5.77. The lowest BCUT2D eigenvalue weighted by Crippen LogP contribution is -2.41. The molecule has 3 unspecified atom stereocenters. The molecular formula is C19H27FN2O. The van der Waals surface area contributed by atoms with Crippen LogP contribution in [0.3, 0.4) is 0 Å². The summed E-state index contributed by atoms with van der Waals surface area (Å²) >= 11 is 0. The smallest absolute Gasteiger partial charge is 0.223 e. The van der Waals surface area contributed by atoms with Crippen molar-refractivity contribution in [3.05, 3.63) is 35.6 Å². The van der Waals surface area contributed by atoms with Crippen LogP contribution in [-0.4, -0.2) is 29.4 Å². The maximum atomic E-state index is 13.1. The molecule has 1 amide bonds. The van der Waals surface area contributed by atoms with E-state index in [2.05, 4.69) is 5.32 Å². The first-order valence-corrected chi connectivity index (χ1v) is 8.87. The van der Waals surface area contributed by atoms with Gasteiger partial charge in [-0.3, -0.25) is 4.79 Å². The van der Waals surface area contributed by atoms with Gasteiger partial charge in [-0.15, -0.1) is 0 Å². The van der Waals surface area contributed by atoms with E-state index in [1.165, 1.54) is 25.0 Å². The number of halogens is 1. The molecule has 3 nitrogen and oxygen atoms in total. The molecule has 1 aromatic rings. The molecule has 2 aliphatic rings. The molecule has 2 heterocycles. The van der Waals surface area contributed by atoms with E-state index in [0.29, 0.717) is 31.0 Å². The second-order valence-corrected chi connectivity index (χ2v) is 7.09. The van der Waals surface area contributed by atoms with E-state index in [9.17, 15) is 9.18 Å². The van der Waals surface area contributed by atoms with E-state index in [-0.39, 0.29) is 17.8 Å². The summed E-state index contributed by atoms with van der Waals surface area (Å²) in [6.07, 6.45) is 5.43. The van der Waals surface area contributed by atoms with Crippen molar-refractivity contribution in [3.8, 4) is 0 Å². The number of hydrogen-bond acceptors (Lipinski definition) is 2. The third kappa shape index (κ3) is 3.74. The minimum Gasteiger partial charge on any atom is -0.336 e. The predicted molar refractivity (Wildman–Crippen MR) is 89.5 cm³/mol. The van der Waals surface area contributed by atoms with Crippen LogP contribution in [0.25, 0.3) is 0 Å². The van der Waals surface area contributed by atoms with Crippen LogP contribution < -0.4 is 5.32 Å². The Bertz CT molecular complexity index is 533. The fraction of sp³-hybridized carbons (Fsp3) is 0.632. The van der Waals surface area contributed by atoms with Gasteiger partial charge in [0.1, 0.15) is 5.82 Å². The SMILES string of the molecule is CCN(C(=O)CC1CC2CCC(C1)N2)C(C)c1ccc(F)cc1. The van der Waals surface area contributed by atoms with Crippen molar-refractivity contribution in [2.24, 2.45) is 5.92 Å². The van der Waals surface area contributed by atoms with Gasteiger partial charge in [-0.25, -0.2) is 4.39 Å². The standard InChI is InChI=1S/C19H27FN2O/c1-3-22(13(2)15-4-6-16(20)7-5-15)19(23)12-14-10-17-8-9-18(11-14)21-17/h4-7,13-14,17-18,21H,3,8-12H2,1-2H3. The zero-order valence-electron chi connectivity index (χ0n) is 14.1. The normalized spacial score (nSPS) is 27.7. The van der Waals surface area contributed by atoms with Crippen molar-refractivity contribution < 1.29 is 9.18 Å². The Morgan fingerprint density at radius 2 is 1.87 bits per heavy atom. The minimum atomic E-state index is -0.236. The number of carbonyl (C=O) groups excluding carboxylic acids is 1. The Labute approximate surface area is 138 Å². The molecule has 23 heavy (non-hydrogen) atoms. The third-order valence-corrected chi connectivity index (χ3v) is 5.51. The Morgan fingerprint density at radius 1 is 1.26 bits per heavy atom. The molecule has 2 bridgehead atoms. The van der Waals surface area contributed by atoms with Crippen molar-refractivity contribution in [3.63, 3.8) is 0 Å². The van der Waals surface area contributed by atoms with Crippen LogP contribution in [0.2, 0.25) is 0 Å². The Morgan fingerprint density at radius 3 is 2.43 bits per heavy atom. The summed E-state index contributed by atoms with van der Waals surface area (Å²) < 4.78 is 13.1. The maximum Gasteiger partial charge on any atom is 0.223 e. The lowest BCUT2D eigenvalue weighted by atomic mass is 9.89. The van der Waals surface area contributed by atoms with Crippen molar-refractivity contribution in [2.45, 2.75) is 64.1 Å². The lowest BCUT2D eigenvalue weighted by Gasteiger charge is -2.33. The zero-order valence-corrected chi connectivity index (χ0v) is 14.1. The summed E-state index contributed by atoms with van der Waals surface area (Å²) in [5.41, 5.74) is 0.993. The molecule has 1 aromatic carbocycles. The van der Waals surface area contributed by atoms with E-state index < -0.39 is 0 Å². The second-order valence-electron chi connectivity index (χ2n) is 7.09. The molecule has 3 rings (SSSR count). The molecule has 2 saturated heterocycles. The molecule has 2 fully saturated rings. The van der Waals surface area contributed by atoms with Crippen LogP contribution >= 0.6 is 0 Å².